The van der Waals surface area contributed by atoms with Gasteiger partial charge in [-0.05, 0) is 63.5 Å². The third-order valence-corrected chi connectivity index (χ3v) is 7.84. The molecule has 0 aliphatic rings. The molecule has 0 bridgehead atoms. The summed E-state index contributed by atoms with van der Waals surface area (Å²) in [6.07, 6.45) is 29.8. The summed E-state index contributed by atoms with van der Waals surface area (Å²) in [6.45, 7) is 6.30. The number of amides is 1. The molecule has 0 heterocycles. The Labute approximate surface area is 234 Å². The minimum Gasteiger partial charge on any atom is -0.395 e. The lowest BCUT2D eigenvalue weighted by Crippen LogP contribution is -2.27. The third kappa shape index (κ3) is 24.4. The fraction of sp³-hybridized carbons (Fsp3) is 0.581. The van der Waals surface area contributed by atoms with Crippen LogP contribution in [0.2, 0.25) is 0 Å². The summed E-state index contributed by atoms with van der Waals surface area (Å²) >= 11 is 0. The van der Waals surface area contributed by atoms with Crippen molar-refractivity contribution >= 4 is 33.3 Å². The minimum atomic E-state index is -0.620. The van der Waals surface area contributed by atoms with E-state index in [-0.39, 0.29) is 18.3 Å². The van der Waals surface area contributed by atoms with Gasteiger partial charge in [0.1, 0.15) is 5.78 Å². The lowest BCUT2D eigenvalue weighted by Gasteiger charge is -2.19. The van der Waals surface area contributed by atoms with Crippen molar-refractivity contribution < 1.29 is 14.7 Å². The lowest BCUT2D eigenvalue weighted by molar-refractivity contribution is -0.129. The molecule has 1 amide bonds. The van der Waals surface area contributed by atoms with E-state index in [9.17, 15) is 14.7 Å². The van der Waals surface area contributed by atoms with Crippen LogP contribution in [0.15, 0.2) is 66.5 Å². The number of carbonyl (C=O) groups is 2. The molecule has 0 aromatic heterocycles. The summed E-state index contributed by atoms with van der Waals surface area (Å²) in [6, 6.07) is 0. The van der Waals surface area contributed by atoms with Crippen molar-refractivity contribution in [1.29, 1.82) is 0 Å². The highest BCUT2D eigenvalue weighted by atomic mass is 33.1. The molecule has 37 heavy (non-hydrogen) atoms. The zero-order valence-electron chi connectivity index (χ0n) is 23.3. The highest BCUT2D eigenvalue weighted by molar-refractivity contribution is 8.76. The number of Topliss-reactive ketones (excluding diaryl/α,β-unsaturated/α-hetero) is 1. The lowest BCUT2D eigenvalue weighted by atomic mass is 9.86. The topological polar surface area (TPSA) is 66.4 Å². The largest absolute Gasteiger partial charge is 0.395 e. The van der Waals surface area contributed by atoms with Gasteiger partial charge in [0.05, 0.1) is 6.61 Å². The first-order valence-electron chi connectivity index (χ1n) is 13.6. The third-order valence-electron chi connectivity index (χ3n) is 5.35. The Bertz CT molecular complexity index is 775. The highest BCUT2D eigenvalue weighted by Crippen LogP contribution is 2.23. The number of aliphatic hydroxyl groups excluding tert-OH is 1. The van der Waals surface area contributed by atoms with Gasteiger partial charge in [-0.15, -0.1) is 5.73 Å². The van der Waals surface area contributed by atoms with Gasteiger partial charge in [0.25, 0.3) is 0 Å². The Morgan fingerprint density at radius 1 is 0.811 bits per heavy atom. The van der Waals surface area contributed by atoms with Gasteiger partial charge in [0, 0.05) is 36.3 Å². The molecule has 0 aliphatic carbocycles. The van der Waals surface area contributed by atoms with Crippen molar-refractivity contribution in [1.82, 2.24) is 5.32 Å². The van der Waals surface area contributed by atoms with E-state index in [0.717, 1.165) is 56.5 Å². The van der Waals surface area contributed by atoms with Crippen molar-refractivity contribution in [2.24, 2.45) is 5.41 Å². The van der Waals surface area contributed by atoms with Gasteiger partial charge in [-0.1, -0.05) is 91.0 Å². The second-order valence-electron chi connectivity index (χ2n) is 9.27. The van der Waals surface area contributed by atoms with Gasteiger partial charge in [0.2, 0.25) is 5.91 Å². The first kappa shape index (κ1) is 35.3. The molecule has 0 aromatic carbocycles. The molecule has 0 unspecified atom stereocenters. The zero-order chi connectivity index (χ0) is 27.5. The van der Waals surface area contributed by atoms with Gasteiger partial charge in [-0.3, -0.25) is 9.59 Å². The van der Waals surface area contributed by atoms with Gasteiger partial charge in [0.15, 0.2) is 0 Å². The van der Waals surface area contributed by atoms with E-state index in [2.05, 4.69) is 66.6 Å². The van der Waals surface area contributed by atoms with Gasteiger partial charge >= 0.3 is 0 Å². The number of hydrogen-bond donors (Lipinski definition) is 2. The Kier molecular flexibility index (Phi) is 24.7. The summed E-state index contributed by atoms with van der Waals surface area (Å²) in [5, 5.41) is 12.2. The second-order valence-corrected chi connectivity index (χ2v) is 12.0. The fourth-order valence-corrected chi connectivity index (χ4v) is 4.95. The molecule has 0 rings (SSSR count). The predicted molar refractivity (Wildman–Crippen MR) is 165 cm³/mol. The molecule has 0 radical (unpaired) electrons. The van der Waals surface area contributed by atoms with Crippen LogP contribution in [0.1, 0.15) is 85.0 Å². The van der Waals surface area contributed by atoms with Crippen molar-refractivity contribution in [3.63, 3.8) is 0 Å². The van der Waals surface area contributed by atoms with Crippen molar-refractivity contribution in [2.75, 3.05) is 24.7 Å². The maximum atomic E-state index is 11.9. The van der Waals surface area contributed by atoms with Crippen LogP contribution in [0.5, 0.6) is 0 Å². The summed E-state index contributed by atoms with van der Waals surface area (Å²) < 4.78 is 0. The van der Waals surface area contributed by atoms with E-state index in [1.807, 2.05) is 12.2 Å². The summed E-state index contributed by atoms with van der Waals surface area (Å²) in [7, 11) is 3.53. The maximum Gasteiger partial charge on any atom is 0.220 e. The summed E-state index contributed by atoms with van der Waals surface area (Å²) in [5.74, 6) is 2.07. The molecule has 0 aromatic rings. The number of carbonyl (C=O) groups excluding carboxylic acids is 2. The second kappa shape index (κ2) is 25.9. The van der Waals surface area contributed by atoms with Crippen molar-refractivity contribution in [2.45, 2.75) is 85.0 Å². The Morgan fingerprint density at radius 2 is 1.41 bits per heavy atom. The van der Waals surface area contributed by atoms with Crippen LogP contribution in [0.25, 0.3) is 0 Å². The molecule has 0 fully saturated rings. The molecular formula is C31H49NO3S2. The molecule has 2 N–H and O–H groups in total. The number of aliphatic hydroxyl groups is 1. The summed E-state index contributed by atoms with van der Waals surface area (Å²) in [4.78, 5) is 23.8. The van der Waals surface area contributed by atoms with Crippen LogP contribution >= 0.6 is 21.6 Å². The van der Waals surface area contributed by atoms with Crippen molar-refractivity contribution in [3.8, 4) is 0 Å². The average Bonchev–Trinajstić information content (AvgIpc) is 2.89. The minimum absolute atomic E-state index is 0.0765. The van der Waals surface area contributed by atoms with E-state index >= 15 is 0 Å². The van der Waals surface area contributed by atoms with Crippen LogP contribution in [0.4, 0.5) is 0 Å². The molecule has 0 saturated heterocycles. The van der Waals surface area contributed by atoms with E-state index in [1.54, 1.807) is 35.4 Å². The van der Waals surface area contributed by atoms with Crippen molar-refractivity contribution in [3.05, 3.63) is 66.5 Å². The fourth-order valence-electron chi connectivity index (χ4n) is 2.89. The molecule has 0 spiro atoms. The molecule has 208 valence electrons. The number of unbranched alkanes of at least 4 members (excludes halogenated alkanes) is 1. The first-order chi connectivity index (χ1) is 17.9. The van der Waals surface area contributed by atoms with Crippen LogP contribution in [-0.2, 0) is 9.59 Å². The van der Waals surface area contributed by atoms with Crippen LogP contribution in [0.3, 0.4) is 0 Å². The van der Waals surface area contributed by atoms with E-state index in [1.165, 1.54) is 0 Å². The quantitative estimate of drug-likeness (QED) is 0.0588. The SMILES string of the molecule is CC/C=C\C/C=C\C/C=C\C/C=C\CC=C=CCCC(=O)NCCSSCCCCC(=O)C(C)(C)CO. The Hall–Kier alpha value is -1.72. The van der Waals surface area contributed by atoms with E-state index < -0.39 is 5.41 Å². The molecule has 0 saturated carbocycles. The van der Waals surface area contributed by atoms with E-state index in [4.69, 9.17) is 0 Å². The molecule has 4 nitrogen and oxygen atoms in total. The summed E-state index contributed by atoms with van der Waals surface area (Å²) in [5.41, 5.74) is 2.52. The average molecular weight is 548 g/mol. The zero-order valence-corrected chi connectivity index (χ0v) is 24.9. The van der Waals surface area contributed by atoms with Gasteiger partial charge < -0.3 is 10.4 Å². The number of allylic oxidation sites excluding steroid dienone is 9. The standard InChI is InChI=1S/C31H49NO3S2/c1-4-5-6-7-8-9-10-11-12-13-14-15-16-17-18-19-20-24-30(35)32-25-27-37-36-26-22-21-23-29(34)31(2,3)28-33/h5-6,8-9,11-12,14-15,17,19,33H,4,7,10,13,16,20-28H2,1-3H3,(H,32,35)/b6-5-,9-8-,12-11-,15-14-. The monoisotopic (exact) mass is 547 g/mol. The maximum absolute atomic E-state index is 11.9. The highest BCUT2D eigenvalue weighted by Gasteiger charge is 2.25. The normalized spacial score (nSPS) is 12.1. The smallest absolute Gasteiger partial charge is 0.220 e. The van der Waals surface area contributed by atoms with Gasteiger partial charge in [-0.25, -0.2) is 0 Å². The molecule has 0 aliphatic heterocycles. The van der Waals surface area contributed by atoms with Gasteiger partial charge in [-0.2, -0.15) is 0 Å². The Morgan fingerprint density at radius 3 is 2.03 bits per heavy atom. The molecule has 6 heteroatoms. The first-order valence-corrected chi connectivity index (χ1v) is 16.1. The molecular weight excluding hydrogens is 498 g/mol. The van der Waals surface area contributed by atoms with Crippen LogP contribution in [-0.4, -0.2) is 41.5 Å². The Balaban J connectivity index is 3.61. The van der Waals surface area contributed by atoms with E-state index in [0.29, 0.717) is 25.8 Å². The van der Waals surface area contributed by atoms with Crippen LogP contribution < -0.4 is 5.32 Å². The number of ketones is 1. The molecule has 0 atom stereocenters. The van der Waals surface area contributed by atoms with Crippen LogP contribution in [0, 0.1) is 5.41 Å². The number of hydrogen-bond acceptors (Lipinski definition) is 5. The number of rotatable bonds is 23. The number of nitrogens with one attached hydrogen (secondary N) is 1. The predicted octanol–water partition coefficient (Wildman–Crippen LogP) is 7.93.